The number of hydrogen-bond acceptors (Lipinski definition) is 3. The van der Waals surface area contributed by atoms with Crippen molar-refractivity contribution in [1.29, 1.82) is 0 Å². The zero-order valence-corrected chi connectivity index (χ0v) is 33.0. The molecule has 0 fully saturated rings. The fraction of sp³-hybridized carbons (Fsp3) is 0.0545. The Morgan fingerprint density at radius 2 is 1.17 bits per heavy atom. The van der Waals surface area contributed by atoms with Crippen LogP contribution < -0.4 is 4.90 Å². The van der Waals surface area contributed by atoms with Gasteiger partial charge in [-0.2, -0.15) is 0 Å². The summed E-state index contributed by atoms with van der Waals surface area (Å²) in [6, 6.07) is 68.7. The first kappa shape index (κ1) is 33.2. The van der Waals surface area contributed by atoms with Gasteiger partial charge in [0, 0.05) is 47.9 Å². The van der Waals surface area contributed by atoms with E-state index in [0.717, 1.165) is 50.1 Å². The van der Waals surface area contributed by atoms with E-state index in [0.29, 0.717) is 0 Å². The molecular formula is C55H37NOS. The van der Waals surface area contributed by atoms with Crippen molar-refractivity contribution in [3.05, 3.63) is 199 Å². The lowest BCUT2D eigenvalue weighted by Crippen LogP contribution is -2.16. The van der Waals surface area contributed by atoms with Crippen LogP contribution in [0.4, 0.5) is 17.1 Å². The Labute approximate surface area is 340 Å². The molecule has 9 aromatic carbocycles. The molecule has 0 amide bonds. The molecule has 2 nitrogen and oxygen atoms in total. The summed E-state index contributed by atoms with van der Waals surface area (Å²) in [7, 11) is 0. The van der Waals surface area contributed by atoms with Crippen molar-refractivity contribution >= 4 is 81.3 Å². The highest BCUT2D eigenvalue weighted by molar-refractivity contribution is 7.26. The minimum Gasteiger partial charge on any atom is -0.455 e. The Bertz CT molecular complexity index is 3420. The van der Waals surface area contributed by atoms with E-state index in [2.05, 4.69) is 207 Å². The fourth-order valence-corrected chi connectivity index (χ4v) is 10.9. The van der Waals surface area contributed by atoms with Crippen molar-refractivity contribution in [3.63, 3.8) is 0 Å². The van der Waals surface area contributed by atoms with Gasteiger partial charge < -0.3 is 9.32 Å². The van der Waals surface area contributed by atoms with Crippen LogP contribution in [0.1, 0.15) is 25.0 Å². The number of anilines is 3. The zero-order chi connectivity index (χ0) is 38.5. The summed E-state index contributed by atoms with van der Waals surface area (Å²) in [6.45, 7) is 4.70. The third-order valence-electron chi connectivity index (χ3n) is 12.5. The van der Waals surface area contributed by atoms with Gasteiger partial charge in [0.2, 0.25) is 0 Å². The van der Waals surface area contributed by atoms with Crippen LogP contribution in [0.25, 0.3) is 86.3 Å². The number of rotatable bonds is 5. The number of thiophene rings is 1. The fourth-order valence-electron chi connectivity index (χ4n) is 9.71. The molecule has 2 aromatic heterocycles. The molecule has 1 aliphatic rings. The molecule has 0 aliphatic heterocycles. The number of furan rings is 1. The average Bonchev–Trinajstić information content (AvgIpc) is 3.91. The van der Waals surface area contributed by atoms with Crippen LogP contribution in [0.2, 0.25) is 0 Å². The maximum absolute atomic E-state index is 7.04. The Hall–Kier alpha value is -6.94. The van der Waals surface area contributed by atoms with Crippen molar-refractivity contribution in [1.82, 2.24) is 0 Å². The maximum atomic E-state index is 7.04. The first-order valence-corrected chi connectivity index (χ1v) is 20.8. The van der Waals surface area contributed by atoms with E-state index in [4.69, 9.17) is 4.42 Å². The minimum absolute atomic E-state index is 0.119. The Morgan fingerprint density at radius 3 is 2.05 bits per heavy atom. The summed E-state index contributed by atoms with van der Waals surface area (Å²) in [5.41, 5.74) is 15.0. The topological polar surface area (TPSA) is 16.4 Å². The average molecular weight is 760 g/mol. The monoisotopic (exact) mass is 759 g/mol. The second-order valence-corrected chi connectivity index (χ2v) is 17.1. The Kier molecular flexibility index (Phi) is 7.18. The highest BCUT2D eigenvalue weighted by Gasteiger charge is 2.36. The first-order chi connectivity index (χ1) is 28.5. The van der Waals surface area contributed by atoms with E-state index in [1.165, 1.54) is 64.3 Å². The van der Waals surface area contributed by atoms with Gasteiger partial charge in [0.25, 0.3) is 0 Å². The molecule has 274 valence electrons. The van der Waals surface area contributed by atoms with Crippen molar-refractivity contribution in [3.8, 4) is 33.4 Å². The second-order valence-electron chi connectivity index (χ2n) is 16.0. The van der Waals surface area contributed by atoms with Gasteiger partial charge >= 0.3 is 0 Å². The Morgan fingerprint density at radius 1 is 0.483 bits per heavy atom. The van der Waals surface area contributed by atoms with Crippen LogP contribution in [0.5, 0.6) is 0 Å². The van der Waals surface area contributed by atoms with Crippen LogP contribution in [0.15, 0.2) is 192 Å². The largest absolute Gasteiger partial charge is 0.455 e. The number of hydrogen-bond donors (Lipinski definition) is 0. The molecule has 3 heteroatoms. The van der Waals surface area contributed by atoms with Crippen LogP contribution in [0, 0.1) is 0 Å². The molecule has 2 heterocycles. The van der Waals surface area contributed by atoms with Crippen molar-refractivity contribution in [2.75, 3.05) is 4.90 Å². The van der Waals surface area contributed by atoms with E-state index in [1.54, 1.807) is 0 Å². The summed E-state index contributed by atoms with van der Waals surface area (Å²) in [5.74, 6) is 0. The van der Waals surface area contributed by atoms with Crippen molar-refractivity contribution in [2.24, 2.45) is 0 Å². The number of benzene rings is 9. The molecule has 0 bridgehead atoms. The smallest absolute Gasteiger partial charge is 0.143 e. The van der Waals surface area contributed by atoms with Gasteiger partial charge in [-0.15, -0.1) is 11.3 Å². The molecule has 11 aromatic rings. The molecule has 12 rings (SSSR count). The molecule has 0 saturated heterocycles. The zero-order valence-electron chi connectivity index (χ0n) is 32.2. The summed E-state index contributed by atoms with van der Waals surface area (Å²) >= 11 is 1.87. The summed E-state index contributed by atoms with van der Waals surface area (Å²) < 4.78 is 9.69. The number of nitrogens with zero attached hydrogens (tertiary/aromatic N) is 1. The van der Waals surface area contributed by atoms with E-state index in [1.807, 2.05) is 11.3 Å². The predicted molar refractivity (Wildman–Crippen MR) is 247 cm³/mol. The van der Waals surface area contributed by atoms with Gasteiger partial charge in [0.15, 0.2) is 0 Å². The van der Waals surface area contributed by atoms with Crippen LogP contribution in [-0.4, -0.2) is 0 Å². The molecule has 1 aliphatic carbocycles. The molecule has 0 N–H and O–H groups in total. The highest BCUT2D eigenvalue weighted by atomic mass is 32.1. The van der Waals surface area contributed by atoms with Crippen LogP contribution in [0.3, 0.4) is 0 Å². The third-order valence-corrected chi connectivity index (χ3v) is 13.7. The number of para-hydroxylation sites is 1. The lowest BCUT2D eigenvalue weighted by atomic mass is 9.82. The van der Waals surface area contributed by atoms with Crippen molar-refractivity contribution in [2.45, 2.75) is 19.3 Å². The highest BCUT2D eigenvalue weighted by Crippen LogP contribution is 2.52. The molecule has 0 unspecified atom stereocenters. The van der Waals surface area contributed by atoms with E-state index in [-0.39, 0.29) is 5.41 Å². The van der Waals surface area contributed by atoms with Crippen LogP contribution >= 0.6 is 11.3 Å². The van der Waals surface area contributed by atoms with Crippen molar-refractivity contribution < 1.29 is 4.42 Å². The van der Waals surface area contributed by atoms with Gasteiger partial charge in [-0.3, -0.25) is 0 Å². The summed E-state index contributed by atoms with van der Waals surface area (Å²) in [4.78, 5) is 2.41. The molecule has 0 radical (unpaired) electrons. The Balaban J connectivity index is 1.05. The quantitative estimate of drug-likeness (QED) is 0.174. The standard InChI is InChI=1S/C55H37NOS/c1-55(2)46-22-10-8-18-41(46)42-31-30-38(33-47(42)55)56(37-15-4-3-5-16-37)48-23-13-24-49-52(48)45-32-36-14-6-7-17-39(36)51(53(45)57-49)35-28-26-34(27-29-35)40-20-12-21-44-43-19-9-11-25-50(43)58-54(40)44/h3-33H,1-2H3. The van der Waals surface area contributed by atoms with E-state index in [9.17, 15) is 0 Å². The van der Waals surface area contributed by atoms with Gasteiger partial charge in [-0.1, -0.05) is 153 Å². The second kappa shape index (κ2) is 12.5. The molecule has 0 spiro atoms. The molecule has 58 heavy (non-hydrogen) atoms. The van der Waals surface area contributed by atoms with E-state index < -0.39 is 0 Å². The third kappa shape index (κ3) is 4.84. The molecule has 0 atom stereocenters. The first-order valence-electron chi connectivity index (χ1n) is 20.0. The molecular weight excluding hydrogens is 723 g/mol. The van der Waals surface area contributed by atoms with Gasteiger partial charge in [0.05, 0.1) is 11.1 Å². The summed E-state index contributed by atoms with van der Waals surface area (Å²) in [5, 5.41) is 7.20. The minimum atomic E-state index is -0.119. The van der Waals surface area contributed by atoms with Gasteiger partial charge in [-0.05, 0) is 98.2 Å². The van der Waals surface area contributed by atoms with Gasteiger partial charge in [-0.25, -0.2) is 0 Å². The lowest BCUT2D eigenvalue weighted by molar-refractivity contribution is 0.660. The molecule has 0 saturated carbocycles. The summed E-state index contributed by atoms with van der Waals surface area (Å²) in [6.07, 6.45) is 0. The van der Waals surface area contributed by atoms with Crippen LogP contribution in [-0.2, 0) is 5.41 Å². The van der Waals surface area contributed by atoms with E-state index >= 15 is 0 Å². The van der Waals surface area contributed by atoms with Gasteiger partial charge in [0.1, 0.15) is 11.2 Å². The number of fused-ring (bicyclic) bond motifs is 10. The normalized spacial score (nSPS) is 13.1. The maximum Gasteiger partial charge on any atom is 0.143 e. The lowest BCUT2D eigenvalue weighted by Gasteiger charge is -2.28. The SMILES string of the molecule is CC1(C)c2ccccc2-c2ccc(N(c3ccccc3)c3cccc4oc5c(-c6ccc(-c7cccc8c7sc7ccccc78)cc6)c6ccccc6cc5c34)cc21. The predicted octanol–water partition coefficient (Wildman–Crippen LogP) is 16.2.